The lowest BCUT2D eigenvalue weighted by Crippen LogP contribution is -2.19. The van der Waals surface area contributed by atoms with Crippen LogP contribution < -0.4 is 0 Å². The van der Waals surface area contributed by atoms with Crippen LogP contribution in [0.4, 0.5) is 0 Å². The van der Waals surface area contributed by atoms with Gasteiger partial charge in [-0.2, -0.15) is 0 Å². The zero-order valence-electron chi connectivity index (χ0n) is 8.33. The second kappa shape index (κ2) is 2.98. The average molecular weight is 237 g/mol. The molecular formula is C11H9ClN2O2. The Kier molecular flexibility index (Phi) is 1.80. The average Bonchev–Trinajstić information content (AvgIpc) is 2.94. The number of pyridine rings is 1. The fourth-order valence-electron chi connectivity index (χ4n) is 1.96. The third-order valence-electron chi connectivity index (χ3n) is 3.11. The molecule has 1 aliphatic rings. The SMILES string of the molecule is O=C(O)C1(c2cc3ncc(Cl)cc3[nH]2)CC1. The van der Waals surface area contributed by atoms with E-state index in [-0.39, 0.29) is 0 Å². The zero-order valence-corrected chi connectivity index (χ0v) is 9.08. The number of carbonyl (C=O) groups is 1. The first kappa shape index (κ1) is 9.66. The molecule has 0 saturated heterocycles. The highest BCUT2D eigenvalue weighted by Crippen LogP contribution is 2.48. The number of aromatic nitrogens is 2. The Balaban J connectivity index is 2.16. The quantitative estimate of drug-likeness (QED) is 0.841. The number of carboxylic acid groups (broad SMARTS) is 1. The first-order chi connectivity index (χ1) is 7.62. The van der Waals surface area contributed by atoms with Crippen molar-refractivity contribution in [3.8, 4) is 0 Å². The topological polar surface area (TPSA) is 66.0 Å². The minimum Gasteiger partial charge on any atom is -0.481 e. The number of aromatic amines is 1. The van der Waals surface area contributed by atoms with Crippen LogP contribution in [0.25, 0.3) is 11.0 Å². The molecule has 2 aromatic rings. The molecule has 3 rings (SSSR count). The maximum atomic E-state index is 11.2. The molecule has 0 amide bonds. The van der Waals surface area contributed by atoms with Gasteiger partial charge in [-0.25, -0.2) is 0 Å². The number of hydrogen-bond donors (Lipinski definition) is 2. The second-order valence-electron chi connectivity index (χ2n) is 4.16. The van der Waals surface area contributed by atoms with Crippen molar-refractivity contribution in [3.05, 3.63) is 29.0 Å². The van der Waals surface area contributed by atoms with E-state index >= 15 is 0 Å². The normalized spacial score (nSPS) is 17.6. The van der Waals surface area contributed by atoms with Gasteiger partial charge in [-0.05, 0) is 25.0 Å². The van der Waals surface area contributed by atoms with Crippen LogP contribution in [0, 0.1) is 0 Å². The summed E-state index contributed by atoms with van der Waals surface area (Å²) in [7, 11) is 0. The van der Waals surface area contributed by atoms with E-state index in [1.807, 2.05) is 0 Å². The lowest BCUT2D eigenvalue weighted by molar-refractivity contribution is -0.140. The Morgan fingerprint density at radius 1 is 1.50 bits per heavy atom. The third-order valence-corrected chi connectivity index (χ3v) is 3.32. The fourth-order valence-corrected chi connectivity index (χ4v) is 2.12. The highest BCUT2D eigenvalue weighted by molar-refractivity contribution is 6.31. The molecular weight excluding hydrogens is 228 g/mol. The van der Waals surface area contributed by atoms with E-state index in [0.29, 0.717) is 17.9 Å². The monoisotopic (exact) mass is 236 g/mol. The van der Waals surface area contributed by atoms with E-state index in [1.165, 1.54) is 0 Å². The maximum Gasteiger partial charge on any atom is 0.315 e. The van der Waals surface area contributed by atoms with Crippen molar-refractivity contribution < 1.29 is 9.90 Å². The predicted molar refractivity (Wildman–Crippen MR) is 59.7 cm³/mol. The largest absolute Gasteiger partial charge is 0.481 e. The summed E-state index contributed by atoms with van der Waals surface area (Å²) in [5.74, 6) is -0.773. The molecule has 1 aliphatic carbocycles. The second-order valence-corrected chi connectivity index (χ2v) is 4.59. The number of halogens is 1. The molecule has 0 bridgehead atoms. The van der Waals surface area contributed by atoms with Crippen LogP contribution in [0.1, 0.15) is 18.5 Å². The van der Waals surface area contributed by atoms with Gasteiger partial charge in [-0.15, -0.1) is 0 Å². The van der Waals surface area contributed by atoms with Gasteiger partial charge in [0.2, 0.25) is 0 Å². The highest BCUT2D eigenvalue weighted by Gasteiger charge is 2.53. The molecule has 82 valence electrons. The number of rotatable bonds is 2. The van der Waals surface area contributed by atoms with Gasteiger partial charge in [0.15, 0.2) is 0 Å². The van der Waals surface area contributed by atoms with Crippen molar-refractivity contribution in [2.75, 3.05) is 0 Å². The van der Waals surface area contributed by atoms with Gasteiger partial charge < -0.3 is 10.1 Å². The predicted octanol–water partition coefficient (Wildman–Crippen LogP) is 2.33. The van der Waals surface area contributed by atoms with Crippen molar-refractivity contribution in [1.29, 1.82) is 0 Å². The molecule has 4 nitrogen and oxygen atoms in total. The molecule has 2 aromatic heterocycles. The number of nitrogens with one attached hydrogen (secondary N) is 1. The summed E-state index contributed by atoms with van der Waals surface area (Å²) in [6.07, 6.45) is 2.92. The Morgan fingerprint density at radius 3 is 2.88 bits per heavy atom. The van der Waals surface area contributed by atoms with Crippen LogP contribution in [-0.4, -0.2) is 21.0 Å². The number of H-pyrrole nitrogens is 1. The first-order valence-corrected chi connectivity index (χ1v) is 5.38. The molecule has 0 spiro atoms. The summed E-state index contributed by atoms with van der Waals surface area (Å²) in [5, 5.41) is 9.71. The minimum absolute atomic E-state index is 0.543. The van der Waals surface area contributed by atoms with Gasteiger partial charge >= 0.3 is 5.97 Å². The van der Waals surface area contributed by atoms with Crippen LogP contribution in [0.15, 0.2) is 18.3 Å². The van der Waals surface area contributed by atoms with E-state index in [2.05, 4.69) is 9.97 Å². The third kappa shape index (κ3) is 1.23. The lowest BCUT2D eigenvalue weighted by atomic mass is 10.0. The molecule has 5 heteroatoms. The maximum absolute atomic E-state index is 11.2. The molecule has 2 heterocycles. The molecule has 0 aliphatic heterocycles. The summed E-state index contributed by atoms with van der Waals surface area (Å²) >= 11 is 5.82. The Morgan fingerprint density at radius 2 is 2.25 bits per heavy atom. The Hall–Kier alpha value is -1.55. The standard InChI is InChI=1S/C11H9ClN2O2/c12-6-3-8-7(13-5-6)4-9(14-8)11(1-2-11)10(15)16/h3-5,14H,1-2H2,(H,15,16). The van der Waals surface area contributed by atoms with Crippen LogP contribution in [0.2, 0.25) is 5.02 Å². The van der Waals surface area contributed by atoms with E-state index in [0.717, 1.165) is 16.7 Å². The van der Waals surface area contributed by atoms with Crippen LogP contribution in [0.3, 0.4) is 0 Å². The number of hydrogen-bond acceptors (Lipinski definition) is 2. The van der Waals surface area contributed by atoms with Crippen LogP contribution in [-0.2, 0) is 10.2 Å². The van der Waals surface area contributed by atoms with Gasteiger partial charge in [0.1, 0.15) is 5.41 Å². The van der Waals surface area contributed by atoms with Crippen LogP contribution in [0.5, 0.6) is 0 Å². The van der Waals surface area contributed by atoms with Gasteiger partial charge in [0.05, 0.1) is 16.1 Å². The number of aliphatic carboxylic acids is 1. The van der Waals surface area contributed by atoms with E-state index in [1.54, 1.807) is 18.3 Å². The molecule has 1 fully saturated rings. The number of fused-ring (bicyclic) bond motifs is 1. The molecule has 0 atom stereocenters. The molecule has 1 saturated carbocycles. The summed E-state index contributed by atoms with van der Waals surface area (Å²) in [6.45, 7) is 0. The molecule has 0 unspecified atom stereocenters. The highest BCUT2D eigenvalue weighted by atomic mass is 35.5. The number of carboxylic acids is 1. The number of nitrogens with zero attached hydrogens (tertiary/aromatic N) is 1. The van der Waals surface area contributed by atoms with Gasteiger partial charge in [0.25, 0.3) is 0 Å². The Labute approximate surface area is 96.3 Å². The van der Waals surface area contributed by atoms with Crippen LogP contribution >= 0.6 is 11.6 Å². The van der Waals surface area contributed by atoms with E-state index in [9.17, 15) is 9.90 Å². The van der Waals surface area contributed by atoms with Crippen molar-refractivity contribution in [2.45, 2.75) is 18.3 Å². The van der Waals surface area contributed by atoms with Gasteiger partial charge in [0, 0.05) is 11.9 Å². The minimum atomic E-state index is -0.773. The van der Waals surface area contributed by atoms with Gasteiger partial charge in [-0.1, -0.05) is 11.6 Å². The first-order valence-electron chi connectivity index (χ1n) is 5.00. The summed E-state index contributed by atoms with van der Waals surface area (Å²) in [6, 6.07) is 3.55. The van der Waals surface area contributed by atoms with E-state index in [4.69, 9.17) is 11.6 Å². The molecule has 0 aromatic carbocycles. The van der Waals surface area contributed by atoms with Gasteiger partial charge in [-0.3, -0.25) is 9.78 Å². The van der Waals surface area contributed by atoms with Crippen molar-refractivity contribution in [3.63, 3.8) is 0 Å². The molecule has 16 heavy (non-hydrogen) atoms. The van der Waals surface area contributed by atoms with Crippen molar-refractivity contribution in [1.82, 2.24) is 9.97 Å². The van der Waals surface area contributed by atoms with Crippen molar-refractivity contribution in [2.24, 2.45) is 0 Å². The molecule has 2 N–H and O–H groups in total. The Bertz CT molecular complexity index is 587. The van der Waals surface area contributed by atoms with Crippen molar-refractivity contribution >= 4 is 28.6 Å². The zero-order chi connectivity index (χ0) is 11.3. The summed E-state index contributed by atoms with van der Waals surface area (Å²) in [4.78, 5) is 18.4. The summed E-state index contributed by atoms with van der Waals surface area (Å²) < 4.78 is 0. The lowest BCUT2D eigenvalue weighted by Gasteiger charge is -2.05. The van der Waals surface area contributed by atoms with E-state index < -0.39 is 11.4 Å². The smallest absolute Gasteiger partial charge is 0.315 e. The molecule has 0 radical (unpaired) electrons. The fraction of sp³-hybridized carbons (Fsp3) is 0.273. The summed E-state index contributed by atoms with van der Waals surface area (Å²) in [5.41, 5.74) is 1.56.